The molecule has 0 radical (unpaired) electrons. The molecule has 1 aliphatic heterocycles. The van der Waals surface area contributed by atoms with E-state index >= 15 is 0 Å². The van der Waals surface area contributed by atoms with Crippen molar-refractivity contribution in [1.82, 2.24) is 14.9 Å². The molecule has 7 nitrogen and oxygen atoms in total. The van der Waals surface area contributed by atoms with Crippen molar-refractivity contribution in [2.75, 3.05) is 63.2 Å². The lowest BCUT2D eigenvalue weighted by Crippen LogP contribution is -2.33. The number of anilines is 2. The Morgan fingerprint density at radius 3 is 2.86 bits per heavy atom. The average molecular weight is 295 g/mol. The zero-order valence-electron chi connectivity index (χ0n) is 12.9. The summed E-state index contributed by atoms with van der Waals surface area (Å²) >= 11 is 0. The first-order valence-corrected chi connectivity index (χ1v) is 7.51. The van der Waals surface area contributed by atoms with E-state index in [9.17, 15) is 0 Å². The number of aliphatic hydroxyl groups is 1. The SMILES string of the molecule is CCNc1ncnc(N2CCCN(CCO)CC2)c1OC. The second-order valence-corrected chi connectivity index (χ2v) is 5.02. The number of nitrogens with one attached hydrogen (secondary N) is 1. The molecular weight excluding hydrogens is 270 g/mol. The number of aromatic nitrogens is 2. The molecule has 0 bridgehead atoms. The predicted octanol–water partition coefficient (Wildman–Crippen LogP) is 0.421. The summed E-state index contributed by atoms with van der Waals surface area (Å²) in [6.07, 6.45) is 2.62. The second-order valence-electron chi connectivity index (χ2n) is 5.02. The van der Waals surface area contributed by atoms with Crippen LogP contribution in [0.1, 0.15) is 13.3 Å². The first kappa shape index (κ1) is 15.8. The van der Waals surface area contributed by atoms with Crippen LogP contribution in [0.5, 0.6) is 5.75 Å². The topological polar surface area (TPSA) is 73.8 Å². The number of β-amino-alcohol motifs (C(OH)–C–C–N with tert-alkyl or cyclic N) is 1. The Labute approximate surface area is 125 Å². The fraction of sp³-hybridized carbons (Fsp3) is 0.714. The quantitative estimate of drug-likeness (QED) is 0.788. The molecule has 118 valence electrons. The van der Waals surface area contributed by atoms with Crippen LogP contribution in [0, 0.1) is 0 Å². The maximum absolute atomic E-state index is 9.07. The Bertz CT molecular complexity index is 443. The molecular formula is C14H25N5O2. The minimum atomic E-state index is 0.210. The van der Waals surface area contributed by atoms with Crippen LogP contribution in [-0.4, -0.2) is 73.0 Å². The summed E-state index contributed by atoms with van der Waals surface area (Å²) in [6, 6.07) is 0. The minimum Gasteiger partial charge on any atom is -0.490 e. The van der Waals surface area contributed by atoms with Gasteiger partial charge in [0.1, 0.15) is 6.33 Å². The molecule has 0 amide bonds. The molecule has 2 heterocycles. The van der Waals surface area contributed by atoms with Crippen molar-refractivity contribution >= 4 is 11.6 Å². The van der Waals surface area contributed by atoms with Gasteiger partial charge in [0.2, 0.25) is 5.75 Å². The molecule has 2 rings (SSSR count). The van der Waals surface area contributed by atoms with Gasteiger partial charge in [0.15, 0.2) is 11.6 Å². The Balaban J connectivity index is 2.15. The van der Waals surface area contributed by atoms with Crippen molar-refractivity contribution in [3.63, 3.8) is 0 Å². The van der Waals surface area contributed by atoms with Gasteiger partial charge in [0, 0.05) is 32.7 Å². The highest BCUT2D eigenvalue weighted by molar-refractivity contribution is 5.64. The van der Waals surface area contributed by atoms with E-state index in [4.69, 9.17) is 9.84 Å². The van der Waals surface area contributed by atoms with Crippen LogP contribution in [0.4, 0.5) is 11.6 Å². The maximum Gasteiger partial charge on any atom is 0.204 e. The van der Waals surface area contributed by atoms with Crippen molar-refractivity contribution in [1.29, 1.82) is 0 Å². The zero-order chi connectivity index (χ0) is 15.1. The molecule has 0 aliphatic carbocycles. The summed E-state index contributed by atoms with van der Waals surface area (Å²) in [5, 5.41) is 12.3. The van der Waals surface area contributed by atoms with Crippen LogP contribution in [0.25, 0.3) is 0 Å². The van der Waals surface area contributed by atoms with Crippen molar-refractivity contribution in [2.24, 2.45) is 0 Å². The Morgan fingerprint density at radius 2 is 2.14 bits per heavy atom. The highest BCUT2D eigenvalue weighted by Crippen LogP contribution is 2.32. The van der Waals surface area contributed by atoms with Crippen LogP contribution < -0.4 is 15.0 Å². The third kappa shape index (κ3) is 3.95. The third-order valence-electron chi connectivity index (χ3n) is 3.64. The molecule has 0 spiro atoms. The van der Waals surface area contributed by atoms with Crippen molar-refractivity contribution in [2.45, 2.75) is 13.3 Å². The summed E-state index contributed by atoms with van der Waals surface area (Å²) in [5.74, 6) is 2.28. The smallest absolute Gasteiger partial charge is 0.204 e. The van der Waals surface area contributed by atoms with E-state index < -0.39 is 0 Å². The molecule has 7 heteroatoms. The van der Waals surface area contributed by atoms with E-state index in [-0.39, 0.29) is 6.61 Å². The van der Waals surface area contributed by atoms with Crippen LogP contribution in [-0.2, 0) is 0 Å². The molecule has 0 aromatic carbocycles. The normalized spacial score (nSPS) is 16.6. The van der Waals surface area contributed by atoms with Crippen LogP contribution in [0.15, 0.2) is 6.33 Å². The average Bonchev–Trinajstić information content (AvgIpc) is 2.73. The first-order chi connectivity index (χ1) is 10.3. The minimum absolute atomic E-state index is 0.210. The van der Waals surface area contributed by atoms with Gasteiger partial charge in [-0.2, -0.15) is 0 Å². The van der Waals surface area contributed by atoms with Crippen molar-refractivity contribution in [3.05, 3.63) is 6.33 Å². The number of hydrogen-bond acceptors (Lipinski definition) is 7. The van der Waals surface area contributed by atoms with E-state index in [1.807, 2.05) is 6.92 Å². The Morgan fingerprint density at radius 1 is 1.29 bits per heavy atom. The Hall–Kier alpha value is -1.60. The second kappa shape index (κ2) is 7.99. The molecule has 2 N–H and O–H groups in total. The van der Waals surface area contributed by atoms with Gasteiger partial charge in [-0.25, -0.2) is 9.97 Å². The van der Waals surface area contributed by atoms with Gasteiger partial charge in [-0.1, -0.05) is 0 Å². The van der Waals surface area contributed by atoms with Gasteiger partial charge in [-0.15, -0.1) is 0 Å². The molecule has 0 saturated carbocycles. The van der Waals surface area contributed by atoms with Crippen LogP contribution in [0.2, 0.25) is 0 Å². The third-order valence-corrected chi connectivity index (χ3v) is 3.64. The maximum atomic E-state index is 9.07. The molecule has 0 unspecified atom stereocenters. The summed E-state index contributed by atoms with van der Waals surface area (Å²) < 4.78 is 5.51. The number of methoxy groups -OCH3 is 1. The number of hydrogen-bond donors (Lipinski definition) is 2. The van der Waals surface area contributed by atoms with Crippen LogP contribution >= 0.6 is 0 Å². The van der Waals surface area contributed by atoms with E-state index in [2.05, 4.69) is 25.1 Å². The van der Waals surface area contributed by atoms with E-state index in [1.54, 1.807) is 13.4 Å². The molecule has 1 aliphatic rings. The number of rotatable bonds is 6. The predicted molar refractivity (Wildman–Crippen MR) is 83.1 cm³/mol. The molecule has 1 saturated heterocycles. The zero-order valence-corrected chi connectivity index (χ0v) is 12.9. The van der Waals surface area contributed by atoms with Gasteiger partial charge in [-0.05, 0) is 19.9 Å². The largest absolute Gasteiger partial charge is 0.490 e. The molecule has 21 heavy (non-hydrogen) atoms. The lowest BCUT2D eigenvalue weighted by Gasteiger charge is -2.24. The molecule has 1 aromatic rings. The molecule has 1 fully saturated rings. The van der Waals surface area contributed by atoms with E-state index in [1.165, 1.54) is 0 Å². The van der Waals surface area contributed by atoms with Gasteiger partial charge < -0.3 is 20.1 Å². The first-order valence-electron chi connectivity index (χ1n) is 7.51. The standard InChI is InChI=1S/C14H25N5O2/c1-3-15-13-12(21-2)14(17-11-16-13)19-6-4-5-18(7-8-19)9-10-20/h11,20H,3-10H2,1-2H3,(H,15,16,17). The fourth-order valence-electron chi connectivity index (χ4n) is 2.62. The molecule has 1 aromatic heterocycles. The monoisotopic (exact) mass is 295 g/mol. The summed E-state index contributed by atoms with van der Waals surface area (Å²) in [7, 11) is 1.65. The number of aliphatic hydroxyl groups excluding tert-OH is 1. The highest BCUT2D eigenvalue weighted by Gasteiger charge is 2.21. The van der Waals surface area contributed by atoms with Gasteiger partial charge in [-0.3, -0.25) is 4.90 Å². The Kier molecular flexibility index (Phi) is 6.01. The molecule has 0 atom stereocenters. The van der Waals surface area contributed by atoms with E-state index in [0.29, 0.717) is 5.75 Å². The highest BCUT2D eigenvalue weighted by atomic mass is 16.5. The van der Waals surface area contributed by atoms with Gasteiger partial charge in [0.05, 0.1) is 13.7 Å². The van der Waals surface area contributed by atoms with E-state index in [0.717, 1.165) is 57.3 Å². The summed E-state index contributed by atoms with van der Waals surface area (Å²) in [5.41, 5.74) is 0. The lowest BCUT2D eigenvalue weighted by atomic mass is 10.3. The fourth-order valence-corrected chi connectivity index (χ4v) is 2.62. The van der Waals surface area contributed by atoms with Gasteiger partial charge in [0.25, 0.3) is 0 Å². The van der Waals surface area contributed by atoms with Gasteiger partial charge >= 0.3 is 0 Å². The summed E-state index contributed by atoms with van der Waals surface area (Å²) in [6.45, 7) is 7.49. The van der Waals surface area contributed by atoms with Crippen molar-refractivity contribution < 1.29 is 9.84 Å². The summed E-state index contributed by atoms with van der Waals surface area (Å²) in [4.78, 5) is 13.2. The number of nitrogens with zero attached hydrogens (tertiary/aromatic N) is 4. The van der Waals surface area contributed by atoms with Crippen molar-refractivity contribution in [3.8, 4) is 5.75 Å². The lowest BCUT2D eigenvalue weighted by molar-refractivity contribution is 0.204. The number of ether oxygens (including phenoxy) is 1. The van der Waals surface area contributed by atoms with Crippen LogP contribution in [0.3, 0.4) is 0 Å².